The molecule has 0 atom stereocenters. The number of hydrogen-bond acceptors (Lipinski definition) is 4. The highest BCUT2D eigenvalue weighted by molar-refractivity contribution is 9.10. The van der Waals surface area contributed by atoms with E-state index < -0.39 is 16.2 Å². The molecule has 0 bridgehead atoms. The highest BCUT2D eigenvalue weighted by atomic mass is 79.9. The highest BCUT2D eigenvalue weighted by Gasteiger charge is 2.41. The van der Waals surface area contributed by atoms with Crippen LogP contribution in [0.5, 0.6) is 0 Å². The zero-order chi connectivity index (χ0) is 14.8. The SMILES string of the molecule is N#CC1(C(=O)Nc2cc([N+](=O)[O-])ccc2Br)CCCC1. The zero-order valence-electron chi connectivity index (χ0n) is 10.6. The maximum absolute atomic E-state index is 12.3. The summed E-state index contributed by atoms with van der Waals surface area (Å²) in [6, 6.07) is 6.22. The van der Waals surface area contributed by atoms with Crippen molar-refractivity contribution in [1.29, 1.82) is 5.26 Å². The van der Waals surface area contributed by atoms with Crippen molar-refractivity contribution in [3.63, 3.8) is 0 Å². The molecule has 1 fully saturated rings. The van der Waals surface area contributed by atoms with Crippen LogP contribution in [0.25, 0.3) is 0 Å². The first-order valence-electron chi connectivity index (χ1n) is 6.15. The van der Waals surface area contributed by atoms with Crippen LogP contribution in [0.4, 0.5) is 11.4 Å². The molecule has 0 aromatic heterocycles. The summed E-state index contributed by atoms with van der Waals surface area (Å²) in [7, 11) is 0. The molecule has 7 heteroatoms. The van der Waals surface area contributed by atoms with Gasteiger partial charge in [0.25, 0.3) is 5.69 Å². The smallest absolute Gasteiger partial charge is 0.271 e. The van der Waals surface area contributed by atoms with Crippen LogP contribution in [0, 0.1) is 26.9 Å². The number of amides is 1. The van der Waals surface area contributed by atoms with Gasteiger partial charge < -0.3 is 5.32 Å². The average Bonchev–Trinajstić information content (AvgIpc) is 2.91. The Morgan fingerprint density at radius 2 is 2.10 bits per heavy atom. The van der Waals surface area contributed by atoms with Gasteiger partial charge in [-0.15, -0.1) is 0 Å². The fraction of sp³-hybridized carbons (Fsp3) is 0.385. The first-order valence-corrected chi connectivity index (χ1v) is 6.94. The van der Waals surface area contributed by atoms with Gasteiger partial charge in [-0.05, 0) is 34.8 Å². The van der Waals surface area contributed by atoms with Gasteiger partial charge in [0, 0.05) is 16.6 Å². The number of benzene rings is 1. The Morgan fingerprint density at radius 1 is 1.45 bits per heavy atom. The van der Waals surface area contributed by atoms with Gasteiger partial charge in [0.15, 0.2) is 0 Å². The lowest BCUT2D eigenvalue weighted by Crippen LogP contribution is -2.32. The van der Waals surface area contributed by atoms with Crippen LogP contribution in [-0.2, 0) is 4.79 Å². The van der Waals surface area contributed by atoms with Crippen LogP contribution in [-0.4, -0.2) is 10.8 Å². The summed E-state index contributed by atoms with van der Waals surface area (Å²) in [6.07, 6.45) is 2.75. The molecule has 0 spiro atoms. The number of halogens is 1. The second kappa shape index (κ2) is 5.59. The first-order chi connectivity index (χ1) is 9.48. The van der Waals surface area contributed by atoms with E-state index in [1.165, 1.54) is 18.2 Å². The number of hydrogen-bond donors (Lipinski definition) is 1. The van der Waals surface area contributed by atoms with E-state index in [1.807, 2.05) is 0 Å². The van der Waals surface area contributed by atoms with E-state index in [1.54, 1.807) is 0 Å². The molecule has 2 rings (SSSR count). The maximum Gasteiger partial charge on any atom is 0.271 e. The average molecular weight is 338 g/mol. The Labute approximate surface area is 124 Å². The molecule has 0 saturated heterocycles. The summed E-state index contributed by atoms with van der Waals surface area (Å²) >= 11 is 3.24. The van der Waals surface area contributed by atoms with Gasteiger partial charge in [0.1, 0.15) is 5.41 Å². The Morgan fingerprint density at radius 3 is 2.65 bits per heavy atom. The number of anilines is 1. The van der Waals surface area contributed by atoms with E-state index in [0.29, 0.717) is 23.0 Å². The highest BCUT2D eigenvalue weighted by Crippen LogP contribution is 2.39. The number of nitrogens with one attached hydrogen (secondary N) is 1. The van der Waals surface area contributed by atoms with Gasteiger partial charge in [0.05, 0.1) is 16.7 Å². The molecule has 1 aromatic rings. The summed E-state index contributed by atoms with van der Waals surface area (Å²) in [5, 5.41) is 22.6. The lowest BCUT2D eigenvalue weighted by atomic mass is 9.87. The Bertz CT molecular complexity index is 603. The first kappa shape index (κ1) is 14.5. The predicted molar refractivity (Wildman–Crippen MR) is 75.9 cm³/mol. The number of nitro groups is 1. The molecule has 0 aliphatic heterocycles. The van der Waals surface area contributed by atoms with Crippen LogP contribution in [0.2, 0.25) is 0 Å². The standard InChI is InChI=1S/C13H12BrN3O3/c14-10-4-3-9(17(19)20)7-11(10)16-12(18)13(8-15)5-1-2-6-13/h3-4,7H,1-2,5-6H2,(H,16,18). The fourth-order valence-electron chi connectivity index (χ4n) is 2.33. The second-order valence-electron chi connectivity index (χ2n) is 4.78. The third-order valence-corrected chi connectivity index (χ3v) is 4.21. The number of non-ortho nitro benzene ring substituents is 1. The largest absolute Gasteiger partial charge is 0.323 e. The lowest BCUT2D eigenvalue weighted by Gasteiger charge is -2.19. The van der Waals surface area contributed by atoms with Gasteiger partial charge in [-0.25, -0.2) is 0 Å². The number of carbonyl (C=O) groups is 1. The molecule has 1 aliphatic rings. The molecule has 0 radical (unpaired) electrons. The zero-order valence-corrected chi connectivity index (χ0v) is 12.1. The van der Waals surface area contributed by atoms with Crippen LogP contribution < -0.4 is 5.32 Å². The van der Waals surface area contributed by atoms with Gasteiger partial charge in [0.2, 0.25) is 5.91 Å². The Hall–Kier alpha value is -1.94. The minimum Gasteiger partial charge on any atom is -0.323 e. The molecular weight excluding hydrogens is 326 g/mol. The monoisotopic (exact) mass is 337 g/mol. The van der Waals surface area contributed by atoms with Crippen molar-refractivity contribution in [3.8, 4) is 6.07 Å². The number of rotatable bonds is 3. The van der Waals surface area contributed by atoms with E-state index in [2.05, 4.69) is 27.3 Å². The number of nitrogens with zero attached hydrogens (tertiary/aromatic N) is 2. The Kier molecular flexibility index (Phi) is 4.04. The van der Waals surface area contributed by atoms with Crippen LogP contribution in [0.1, 0.15) is 25.7 Å². The molecule has 104 valence electrons. The molecular formula is C13H12BrN3O3. The van der Waals surface area contributed by atoms with Gasteiger partial charge >= 0.3 is 0 Å². The molecule has 1 aromatic carbocycles. The summed E-state index contributed by atoms with van der Waals surface area (Å²) in [6.45, 7) is 0. The second-order valence-corrected chi connectivity index (χ2v) is 5.63. The van der Waals surface area contributed by atoms with E-state index >= 15 is 0 Å². The number of nitro benzene ring substituents is 1. The fourth-order valence-corrected chi connectivity index (χ4v) is 2.68. The predicted octanol–water partition coefficient (Wildman–Crippen LogP) is 3.38. The minimum absolute atomic E-state index is 0.110. The van der Waals surface area contributed by atoms with Crippen molar-refractivity contribution >= 4 is 33.2 Å². The molecule has 0 unspecified atom stereocenters. The molecule has 1 amide bonds. The third-order valence-electron chi connectivity index (χ3n) is 3.51. The van der Waals surface area contributed by atoms with Gasteiger partial charge in [-0.2, -0.15) is 5.26 Å². The van der Waals surface area contributed by atoms with Crippen molar-refractivity contribution in [1.82, 2.24) is 0 Å². The van der Waals surface area contributed by atoms with Crippen molar-refractivity contribution in [3.05, 3.63) is 32.8 Å². The van der Waals surface area contributed by atoms with Crippen molar-refractivity contribution < 1.29 is 9.72 Å². The molecule has 0 heterocycles. The summed E-state index contributed by atoms with van der Waals surface area (Å²) < 4.78 is 0.544. The molecule has 20 heavy (non-hydrogen) atoms. The van der Waals surface area contributed by atoms with Crippen LogP contribution in [0.3, 0.4) is 0 Å². The van der Waals surface area contributed by atoms with Crippen molar-refractivity contribution in [2.24, 2.45) is 5.41 Å². The van der Waals surface area contributed by atoms with E-state index in [9.17, 15) is 20.2 Å². The Balaban J connectivity index is 2.26. The summed E-state index contributed by atoms with van der Waals surface area (Å²) in [4.78, 5) is 22.5. The van der Waals surface area contributed by atoms with Crippen molar-refractivity contribution in [2.45, 2.75) is 25.7 Å². The lowest BCUT2D eigenvalue weighted by molar-refractivity contribution is -0.384. The topological polar surface area (TPSA) is 96.0 Å². The summed E-state index contributed by atoms with van der Waals surface area (Å²) in [5.41, 5.74) is -0.809. The molecule has 1 aliphatic carbocycles. The van der Waals surface area contributed by atoms with E-state index in [0.717, 1.165) is 12.8 Å². The number of carbonyl (C=O) groups excluding carboxylic acids is 1. The summed E-state index contributed by atoms with van der Waals surface area (Å²) in [5.74, 6) is -0.390. The van der Waals surface area contributed by atoms with Crippen LogP contribution in [0.15, 0.2) is 22.7 Å². The van der Waals surface area contributed by atoms with Crippen LogP contribution >= 0.6 is 15.9 Å². The molecule has 6 nitrogen and oxygen atoms in total. The minimum atomic E-state index is -1.01. The number of nitriles is 1. The molecule has 1 N–H and O–H groups in total. The molecule has 1 saturated carbocycles. The van der Waals surface area contributed by atoms with E-state index in [-0.39, 0.29) is 5.69 Å². The third kappa shape index (κ3) is 2.65. The maximum atomic E-state index is 12.3. The van der Waals surface area contributed by atoms with Crippen molar-refractivity contribution in [2.75, 3.05) is 5.32 Å². The van der Waals surface area contributed by atoms with E-state index in [4.69, 9.17) is 0 Å². The van der Waals surface area contributed by atoms with Gasteiger partial charge in [-0.1, -0.05) is 12.8 Å². The van der Waals surface area contributed by atoms with Gasteiger partial charge in [-0.3, -0.25) is 14.9 Å². The quantitative estimate of drug-likeness (QED) is 0.675. The normalized spacial score (nSPS) is 16.4.